The highest BCUT2D eigenvalue weighted by molar-refractivity contribution is 7.99. The van der Waals surface area contributed by atoms with E-state index in [1.165, 1.54) is 28.8 Å². The maximum Gasteiger partial charge on any atom is 0.407 e. The molecule has 3 N–H and O–H groups in total. The Hall–Kier alpha value is -1.32. The minimum absolute atomic E-state index is 0.246. The summed E-state index contributed by atoms with van der Waals surface area (Å²) in [5.74, 6) is 0.372. The zero-order valence-electron chi connectivity index (χ0n) is 11.7. The number of hydrogen-bond acceptors (Lipinski definition) is 4. The number of halogens is 1. The second kappa shape index (κ2) is 6.84. The van der Waals surface area contributed by atoms with Crippen LogP contribution in [-0.2, 0) is 10.0 Å². The number of benzene rings is 1. The Kier molecular flexibility index (Phi) is 5.30. The third kappa shape index (κ3) is 4.34. The molecule has 0 aromatic heterocycles. The van der Waals surface area contributed by atoms with E-state index in [-0.39, 0.29) is 4.90 Å². The Morgan fingerprint density at radius 2 is 2.05 bits per heavy atom. The minimum atomic E-state index is -3.90. The fourth-order valence-corrected chi connectivity index (χ4v) is 3.91. The minimum Gasteiger partial charge on any atom is -0.465 e. The summed E-state index contributed by atoms with van der Waals surface area (Å²) < 4.78 is 36.2. The van der Waals surface area contributed by atoms with Crippen LogP contribution in [0.15, 0.2) is 28.0 Å². The molecule has 1 heterocycles. The van der Waals surface area contributed by atoms with E-state index >= 15 is 0 Å². The first kappa shape index (κ1) is 17.0. The van der Waals surface area contributed by atoms with E-state index in [9.17, 15) is 17.6 Å². The van der Waals surface area contributed by atoms with E-state index in [0.717, 1.165) is 18.9 Å². The molecule has 1 aliphatic rings. The Morgan fingerprint density at radius 1 is 1.41 bits per heavy atom. The molecule has 0 spiro atoms. The monoisotopic (exact) mass is 348 g/mol. The van der Waals surface area contributed by atoms with E-state index in [4.69, 9.17) is 10.2 Å². The van der Waals surface area contributed by atoms with Gasteiger partial charge in [-0.3, -0.25) is 0 Å². The number of nitrogens with two attached hydrogens (primary N) is 1. The molecule has 1 aromatic carbocycles. The molecule has 0 bridgehead atoms. The van der Waals surface area contributed by atoms with Crippen LogP contribution < -0.4 is 5.14 Å². The number of hydrogen-bond donors (Lipinski definition) is 2. The zero-order chi connectivity index (χ0) is 16.3. The number of rotatable bonds is 4. The van der Waals surface area contributed by atoms with Gasteiger partial charge in [-0.15, -0.1) is 11.8 Å². The largest absolute Gasteiger partial charge is 0.465 e. The number of nitrogens with zero attached hydrogens (tertiary/aromatic N) is 1. The van der Waals surface area contributed by atoms with Crippen LogP contribution in [0, 0.1) is 11.7 Å². The van der Waals surface area contributed by atoms with Crippen LogP contribution in [0.1, 0.15) is 12.8 Å². The van der Waals surface area contributed by atoms with Crippen LogP contribution in [0.4, 0.5) is 9.18 Å². The van der Waals surface area contributed by atoms with E-state index < -0.39 is 21.9 Å². The molecule has 1 aliphatic heterocycles. The summed E-state index contributed by atoms with van der Waals surface area (Å²) in [5.41, 5.74) is 0. The van der Waals surface area contributed by atoms with Crippen molar-refractivity contribution in [3.63, 3.8) is 0 Å². The van der Waals surface area contributed by atoms with Crippen LogP contribution in [0.2, 0.25) is 0 Å². The van der Waals surface area contributed by atoms with Gasteiger partial charge in [0.2, 0.25) is 10.0 Å². The lowest BCUT2D eigenvalue weighted by atomic mass is 9.99. The summed E-state index contributed by atoms with van der Waals surface area (Å²) in [4.78, 5) is 12.3. The molecular weight excluding hydrogens is 331 g/mol. The number of amides is 1. The average Bonchev–Trinajstić information content (AvgIpc) is 2.45. The van der Waals surface area contributed by atoms with E-state index in [2.05, 4.69) is 0 Å². The number of primary sulfonamides is 1. The molecule has 0 saturated carbocycles. The van der Waals surface area contributed by atoms with Crippen LogP contribution in [0.25, 0.3) is 0 Å². The highest BCUT2D eigenvalue weighted by atomic mass is 32.2. The smallest absolute Gasteiger partial charge is 0.407 e. The van der Waals surface area contributed by atoms with E-state index in [1.807, 2.05) is 0 Å². The quantitative estimate of drug-likeness (QED) is 0.810. The van der Waals surface area contributed by atoms with Crippen molar-refractivity contribution in [3.05, 3.63) is 24.0 Å². The maximum atomic E-state index is 13.9. The lowest BCUT2D eigenvalue weighted by Crippen LogP contribution is -2.37. The summed E-state index contributed by atoms with van der Waals surface area (Å²) in [6.45, 7) is 0.987. The molecule has 6 nitrogen and oxygen atoms in total. The molecule has 0 atom stereocenters. The summed E-state index contributed by atoms with van der Waals surface area (Å²) in [5, 5.41) is 13.8. The van der Waals surface area contributed by atoms with Crippen molar-refractivity contribution >= 4 is 27.9 Å². The molecule has 1 saturated heterocycles. The number of likely N-dealkylation sites (tertiary alicyclic amines) is 1. The predicted octanol–water partition coefficient (Wildman–Crippen LogP) is 1.96. The van der Waals surface area contributed by atoms with Crippen LogP contribution in [0.5, 0.6) is 0 Å². The van der Waals surface area contributed by atoms with Gasteiger partial charge in [-0.05, 0) is 37.0 Å². The van der Waals surface area contributed by atoms with Gasteiger partial charge in [0.15, 0.2) is 0 Å². The molecule has 22 heavy (non-hydrogen) atoms. The van der Waals surface area contributed by atoms with E-state index in [1.54, 1.807) is 0 Å². The second-order valence-corrected chi connectivity index (χ2v) is 7.78. The number of sulfonamides is 1. The average molecular weight is 348 g/mol. The van der Waals surface area contributed by atoms with Crippen molar-refractivity contribution < 1.29 is 22.7 Å². The molecule has 122 valence electrons. The predicted molar refractivity (Wildman–Crippen MR) is 80.8 cm³/mol. The van der Waals surface area contributed by atoms with Crippen molar-refractivity contribution in [2.75, 3.05) is 18.8 Å². The summed E-state index contributed by atoms with van der Waals surface area (Å²) >= 11 is 1.31. The first-order chi connectivity index (χ1) is 10.3. The lowest BCUT2D eigenvalue weighted by molar-refractivity contribution is 0.127. The summed E-state index contributed by atoms with van der Waals surface area (Å²) in [6, 6.07) is 3.62. The van der Waals surface area contributed by atoms with Gasteiger partial charge in [-0.2, -0.15) is 0 Å². The van der Waals surface area contributed by atoms with Crippen LogP contribution in [-0.4, -0.2) is 43.4 Å². The van der Waals surface area contributed by atoms with Gasteiger partial charge in [0.25, 0.3) is 0 Å². The first-order valence-electron chi connectivity index (χ1n) is 6.70. The summed E-state index contributed by atoms with van der Waals surface area (Å²) in [7, 11) is -3.90. The van der Waals surface area contributed by atoms with Gasteiger partial charge >= 0.3 is 6.09 Å². The number of carbonyl (C=O) groups is 1. The Balaban J connectivity index is 1.92. The van der Waals surface area contributed by atoms with Gasteiger partial charge < -0.3 is 10.0 Å². The molecule has 1 aromatic rings. The highest BCUT2D eigenvalue weighted by Crippen LogP contribution is 2.29. The molecule has 1 fully saturated rings. The van der Waals surface area contributed by atoms with Crippen molar-refractivity contribution in [1.82, 2.24) is 4.90 Å². The Morgan fingerprint density at radius 3 is 2.55 bits per heavy atom. The zero-order valence-corrected chi connectivity index (χ0v) is 13.4. The first-order valence-corrected chi connectivity index (χ1v) is 9.23. The molecule has 0 unspecified atom stereocenters. The molecule has 2 rings (SSSR count). The van der Waals surface area contributed by atoms with Gasteiger partial charge in [-0.1, -0.05) is 0 Å². The van der Waals surface area contributed by atoms with E-state index in [0.29, 0.717) is 29.7 Å². The maximum absolute atomic E-state index is 13.9. The molecule has 0 aliphatic carbocycles. The Bertz CT molecular complexity index is 658. The van der Waals surface area contributed by atoms with Crippen molar-refractivity contribution in [3.8, 4) is 0 Å². The van der Waals surface area contributed by atoms with Crippen molar-refractivity contribution in [2.45, 2.75) is 22.6 Å². The van der Waals surface area contributed by atoms with Crippen molar-refractivity contribution in [1.29, 1.82) is 0 Å². The second-order valence-electron chi connectivity index (χ2n) is 5.16. The van der Waals surface area contributed by atoms with Crippen LogP contribution in [0.3, 0.4) is 0 Å². The number of thioether (sulfide) groups is 1. The summed E-state index contributed by atoms with van der Waals surface area (Å²) in [6.07, 6.45) is 0.586. The SMILES string of the molecule is NS(=O)(=O)c1ccc(SCC2CCN(C(=O)O)CC2)c(F)c1. The fourth-order valence-electron chi connectivity index (χ4n) is 2.27. The number of carboxylic acid groups (broad SMARTS) is 1. The Labute approximate surface area is 132 Å². The standard InChI is InChI=1S/C13H17FN2O4S2/c14-11-7-10(22(15,19)20)1-2-12(11)21-8-9-3-5-16(6-4-9)13(17)18/h1-2,7,9H,3-6,8H2,(H,17,18)(H2,15,19,20). The van der Waals surface area contributed by atoms with Gasteiger partial charge in [0.05, 0.1) is 4.90 Å². The van der Waals surface area contributed by atoms with Crippen molar-refractivity contribution in [2.24, 2.45) is 11.1 Å². The third-order valence-electron chi connectivity index (χ3n) is 3.59. The fraction of sp³-hybridized carbons (Fsp3) is 0.462. The molecule has 1 amide bonds. The topological polar surface area (TPSA) is 101 Å². The molecule has 9 heteroatoms. The van der Waals surface area contributed by atoms with Crippen LogP contribution >= 0.6 is 11.8 Å². The lowest BCUT2D eigenvalue weighted by Gasteiger charge is -2.29. The van der Waals surface area contributed by atoms with Gasteiger partial charge in [-0.25, -0.2) is 22.7 Å². The highest BCUT2D eigenvalue weighted by Gasteiger charge is 2.22. The molecule has 0 radical (unpaired) electrons. The number of piperidine rings is 1. The van der Waals surface area contributed by atoms with Gasteiger partial charge in [0, 0.05) is 23.7 Å². The molecular formula is C13H17FN2O4S2. The van der Waals surface area contributed by atoms with Gasteiger partial charge in [0.1, 0.15) is 5.82 Å². The normalized spacial score (nSPS) is 16.7. The third-order valence-corrected chi connectivity index (χ3v) is 5.78.